The zero-order valence-electron chi connectivity index (χ0n) is 7.05. The SMILES string of the molecule is CCCCCC(O)O.O=[P+](O)O. The van der Waals surface area contributed by atoms with E-state index in [4.69, 9.17) is 24.6 Å². The number of hydrogen-bond acceptors (Lipinski definition) is 3. The van der Waals surface area contributed by atoms with Crippen LogP contribution < -0.4 is 0 Å². The van der Waals surface area contributed by atoms with Gasteiger partial charge in [-0.2, -0.15) is 0 Å². The average molecular weight is 199 g/mol. The van der Waals surface area contributed by atoms with Gasteiger partial charge in [-0.25, -0.2) is 0 Å². The quantitative estimate of drug-likeness (QED) is 0.300. The maximum atomic E-state index is 8.70. The molecule has 0 rings (SSSR count). The molecule has 0 saturated heterocycles. The zero-order chi connectivity index (χ0) is 9.98. The predicted molar refractivity (Wildman–Crippen MR) is 44.4 cm³/mol. The molecule has 0 spiro atoms. The Morgan fingerprint density at radius 2 is 1.67 bits per heavy atom. The minimum Gasteiger partial charge on any atom is -0.368 e. The molecule has 0 aromatic heterocycles. The van der Waals surface area contributed by atoms with E-state index in [0.29, 0.717) is 6.42 Å². The Labute approximate surface area is 72.6 Å². The third-order valence-corrected chi connectivity index (χ3v) is 1.07. The first-order valence-corrected chi connectivity index (χ1v) is 4.88. The number of unbranched alkanes of at least 4 members (excludes halogenated alkanes) is 2. The molecule has 0 aromatic rings. The smallest absolute Gasteiger partial charge is 0.368 e. The minimum absolute atomic E-state index is 0.522. The number of rotatable bonds is 4. The zero-order valence-corrected chi connectivity index (χ0v) is 7.94. The van der Waals surface area contributed by atoms with Crippen LogP contribution in [0.1, 0.15) is 32.6 Å². The Hall–Kier alpha value is -0.0600. The van der Waals surface area contributed by atoms with Crippen molar-refractivity contribution in [3.8, 4) is 0 Å². The highest BCUT2D eigenvalue weighted by Gasteiger charge is 1.93. The van der Waals surface area contributed by atoms with Crippen LogP contribution in [0, 0.1) is 0 Å². The van der Waals surface area contributed by atoms with Crippen molar-refractivity contribution in [3.63, 3.8) is 0 Å². The lowest BCUT2D eigenvalue weighted by atomic mass is 10.2. The van der Waals surface area contributed by atoms with E-state index in [1.807, 2.05) is 0 Å². The summed E-state index contributed by atoms with van der Waals surface area (Å²) in [6.07, 6.45) is 2.58. The van der Waals surface area contributed by atoms with Crippen molar-refractivity contribution < 1.29 is 24.6 Å². The van der Waals surface area contributed by atoms with Crippen molar-refractivity contribution in [2.75, 3.05) is 0 Å². The first-order chi connectivity index (χ1) is 5.50. The van der Waals surface area contributed by atoms with E-state index >= 15 is 0 Å². The van der Waals surface area contributed by atoms with Crippen LogP contribution >= 0.6 is 8.25 Å². The molecule has 6 heteroatoms. The van der Waals surface area contributed by atoms with Crippen molar-refractivity contribution >= 4 is 8.25 Å². The Morgan fingerprint density at radius 3 is 1.92 bits per heavy atom. The molecule has 0 fully saturated rings. The van der Waals surface area contributed by atoms with Crippen LogP contribution in [0.5, 0.6) is 0 Å². The van der Waals surface area contributed by atoms with E-state index in [1.54, 1.807) is 0 Å². The molecule has 0 radical (unpaired) electrons. The molecular formula is C6H16O5P+. The van der Waals surface area contributed by atoms with Crippen LogP contribution in [-0.4, -0.2) is 26.3 Å². The second kappa shape index (κ2) is 10.9. The summed E-state index contributed by atoms with van der Waals surface area (Å²) in [5.41, 5.74) is 0. The molecule has 5 nitrogen and oxygen atoms in total. The molecule has 12 heavy (non-hydrogen) atoms. The first kappa shape index (κ1) is 14.5. The molecule has 0 aromatic carbocycles. The maximum Gasteiger partial charge on any atom is 0.692 e. The highest BCUT2D eigenvalue weighted by atomic mass is 31.1. The van der Waals surface area contributed by atoms with Gasteiger partial charge in [-0.05, 0) is 12.8 Å². The van der Waals surface area contributed by atoms with Crippen molar-refractivity contribution in [1.82, 2.24) is 0 Å². The minimum atomic E-state index is -2.87. The summed E-state index contributed by atoms with van der Waals surface area (Å²) < 4.78 is 8.70. The second-order valence-electron chi connectivity index (χ2n) is 2.23. The lowest BCUT2D eigenvalue weighted by Gasteiger charge is -1.99. The highest BCUT2D eigenvalue weighted by Crippen LogP contribution is 2.00. The average Bonchev–Trinajstić information content (AvgIpc) is 1.86. The molecule has 0 aliphatic rings. The molecular weight excluding hydrogens is 183 g/mol. The Kier molecular flexibility index (Phi) is 13.2. The fourth-order valence-corrected chi connectivity index (χ4v) is 0.577. The summed E-state index contributed by atoms with van der Waals surface area (Å²) in [6.45, 7) is 2.09. The molecule has 0 bridgehead atoms. The largest absolute Gasteiger partial charge is 0.692 e. The van der Waals surface area contributed by atoms with Crippen LogP contribution in [0.3, 0.4) is 0 Å². The highest BCUT2D eigenvalue weighted by molar-refractivity contribution is 7.30. The van der Waals surface area contributed by atoms with E-state index < -0.39 is 14.5 Å². The molecule has 0 aliphatic carbocycles. The van der Waals surface area contributed by atoms with Gasteiger partial charge in [0, 0.05) is 4.57 Å². The van der Waals surface area contributed by atoms with Gasteiger partial charge in [0.05, 0.1) is 0 Å². The van der Waals surface area contributed by atoms with Gasteiger partial charge in [0.15, 0.2) is 6.29 Å². The van der Waals surface area contributed by atoms with Crippen molar-refractivity contribution in [2.24, 2.45) is 0 Å². The molecule has 0 aliphatic heterocycles. The van der Waals surface area contributed by atoms with Gasteiger partial charge in [-0.1, -0.05) is 19.8 Å². The third kappa shape index (κ3) is 32.6. The fraction of sp³-hybridized carbons (Fsp3) is 1.00. The molecule has 0 atom stereocenters. The van der Waals surface area contributed by atoms with Crippen molar-refractivity contribution in [3.05, 3.63) is 0 Å². The van der Waals surface area contributed by atoms with Crippen molar-refractivity contribution in [2.45, 2.75) is 38.9 Å². The third-order valence-electron chi connectivity index (χ3n) is 1.07. The fourth-order valence-electron chi connectivity index (χ4n) is 0.577. The van der Waals surface area contributed by atoms with Crippen LogP contribution in [0.15, 0.2) is 0 Å². The van der Waals surface area contributed by atoms with Crippen LogP contribution in [0.2, 0.25) is 0 Å². The Balaban J connectivity index is 0. The molecule has 0 unspecified atom stereocenters. The molecule has 4 N–H and O–H groups in total. The topological polar surface area (TPSA) is 98.0 Å². The van der Waals surface area contributed by atoms with Crippen LogP contribution in [0.25, 0.3) is 0 Å². The van der Waals surface area contributed by atoms with Crippen molar-refractivity contribution in [1.29, 1.82) is 0 Å². The number of aliphatic hydroxyl groups excluding tert-OH is 1. The van der Waals surface area contributed by atoms with Gasteiger partial charge >= 0.3 is 8.25 Å². The van der Waals surface area contributed by atoms with Gasteiger partial charge in [-0.15, -0.1) is 9.79 Å². The Morgan fingerprint density at radius 1 is 1.25 bits per heavy atom. The lowest BCUT2D eigenvalue weighted by molar-refractivity contribution is -0.0465. The second-order valence-corrected chi connectivity index (χ2v) is 2.73. The monoisotopic (exact) mass is 199 g/mol. The molecule has 0 saturated carbocycles. The summed E-state index contributed by atoms with van der Waals surface area (Å²) in [5, 5.41) is 16.7. The van der Waals surface area contributed by atoms with E-state index in [0.717, 1.165) is 19.3 Å². The summed E-state index contributed by atoms with van der Waals surface area (Å²) in [7, 11) is -2.87. The standard InChI is InChI=1S/C6H14O2.HO3P/c1-2-3-4-5-6(7)8;1-4(2)3/h6-8H,2-5H2,1H3;(H-,1,2,3)/p+1. The first-order valence-electron chi connectivity index (χ1n) is 3.71. The molecule has 0 amide bonds. The van der Waals surface area contributed by atoms with Gasteiger partial charge in [0.2, 0.25) is 0 Å². The maximum absolute atomic E-state index is 8.70. The number of aliphatic hydroxyl groups is 2. The Bertz CT molecular complexity index is 102. The van der Waals surface area contributed by atoms with E-state index in [1.165, 1.54) is 0 Å². The summed E-state index contributed by atoms with van der Waals surface area (Å²) >= 11 is 0. The van der Waals surface area contributed by atoms with Crippen LogP contribution in [0.4, 0.5) is 0 Å². The normalized spacial score (nSPS) is 9.17. The van der Waals surface area contributed by atoms with Gasteiger partial charge < -0.3 is 10.2 Å². The van der Waals surface area contributed by atoms with Crippen LogP contribution in [-0.2, 0) is 4.57 Å². The summed E-state index contributed by atoms with van der Waals surface area (Å²) in [6, 6.07) is 0. The number of hydrogen-bond donors (Lipinski definition) is 4. The summed E-state index contributed by atoms with van der Waals surface area (Å²) in [4.78, 5) is 14.2. The molecule has 74 valence electrons. The van der Waals surface area contributed by atoms with E-state index in [-0.39, 0.29) is 0 Å². The molecule has 0 heterocycles. The predicted octanol–water partition coefficient (Wildman–Crippen LogP) is 0.506. The van der Waals surface area contributed by atoms with E-state index in [9.17, 15) is 0 Å². The van der Waals surface area contributed by atoms with Gasteiger partial charge in [0.1, 0.15) is 0 Å². The van der Waals surface area contributed by atoms with Gasteiger partial charge in [0.25, 0.3) is 0 Å². The summed E-state index contributed by atoms with van der Waals surface area (Å²) in [5.74, 6) is 0. The van der Waals surface area contributed by atoms with Gasteiger partial charge in [-0.3, -0.25) is 0 Å². The lowest BCUT2D eigenvalue weighted by Crippen LogP contribution is -2.02. The van der Waals surface area contributed by atoms with E-state index in [2.05, 4.69) is 6.92 Å².